The third kappa shape index (κ3) is 2.03. The minimum absolute atomic E-state index is 0.0928. The molecule has 0 saturated carbocycles. The van der Waals surface area contributed by atoms with Crippen LogP contribution in [0.15, 0.2) is 29.6 Å². The van der Waals surface area contributed by atoms with Crippen molar-refractivity contribution in [3.8, 4) is 5.75 Å². The minimum Gasteiger partial charge on any atom is -0.496 e. The molecule has 4 heteroatoms. The Hall–Kier alpha value is -1.36. The highest BCUT2D eigenvalue weighted by Crippen LogP contribution is 2.31. The Morgan fingerprint density at radius 3 is 2.89 bits per heavy atom. The fourth-order valence-corrected chi connectivity index (χ4v) is 3.04. The van der Waals surface area contributed by atoms with E-state index < -0.39 is 0 Å². The fraction of sp³-hybridized carbons (Fsp3) is 0.286. The Labute approximate surface area is 110 Å². The van der Waals surface area contributed by atoms with E-state index in [2.05, 4.69) is 18.2 Å². The van der Waals surface area contributed by atoms with E-state index in [4.69, 9.17) is 15.2 Å². The first-order chi connectivity index (χ1) is 8.78. The Kier molecular flexibility index (Phi) is 3.07. The van der Waals surface area contributed by atoms with Crippen LogP contribution in [0, 0.1) is 0 Å². The van der Waals surface area contributed by atoms with Gasteiger partial charge in [-0.2, -0.15) is 0 Å². The second-order valence-electron chi connectivity index (χ2n) is 4.39. The molecule has 2 heterocycles. The zero-order valence-corrected chi connectivity index (χ0v) is 11.0. The molecule has 0 radical (unpaired) electrons. The fourth-order valence-electron chi connectivity index (χ4n) is 2.15. The number of rotatable bonds is 3. The van der Waals surface area contributed by atoms with Gasteiger partial charge in [-0.3, -0.25) is 0 Å². The van der Waals surface area contributed by atoms with E-state index in [9.17, 15) is 0 Å². The average Bonchev–Trinajstić information content (AvgIpc) is 3.05. The maximum Gasteiger partial charge on any atom is 0.129 e. The molecular weight excluding hydrogens is 246 g/mol. The molecule has 3 rings (SSSR count). The Bertz CT molecular complexity index is 565. The van der Waals surface area contributed by atoms with E-state index in [0.717, 1.165) is 22.8 Å². The van der Waals surface area contributed by atoms with Crippen molar-refractivity contribution in [2.45, 2.75) is 19.3 Å². The predicted octanol–water partition coefficient (Wildman–Crippen LogP) is 2.84. The quantitative estimate of drug-likeness (QED) is 0.924. The van der Waals surface area contributed by atoms with Gasteiger partial charge in [0.2, 0.25) is 0 Å². The molecule has 1 aromatic heterocycles. The monoisotopic (exact) mass is 261 g/mol. The SMILES string of the molecule is COc1csc(C(N)c2ccc3c(c2)COC3)c1. The zero-order chi connectivity index (χ0) is 12.5. The third-order valence-corrected chi connectivity index (χ3v) is 4.24. The largest absolute Gasteiger partial charge is 0.496 e. The first kappa shape index (κ1) is 11.7. The van der Waals surface area contributed by atoms with E-state index in [-0.39, 0.29) is 6.04 Å². The molecule has 0 spiro atoms. The third-order valence-electron chi connectivity index (χ3n) is 3.24. The zero-order valence-electron chi connectivity index (χ0n) is 10.2. The lowest BCUT2D eigenvalue weighted by Crippen LogP contribution is -2.10. The summed E-state index contributed by atoms with van der Waals surface area (Å²) in [6, 6.07) is 8.26. The molecule has 0 aliphatic carbocycles. The van der Waals surface area contributed by atoms with Gasteiger partial charge in [0.05, 0.1) is 26.4 Å². The molecule has 1 aliphatic heterocycles. The molecule has 18 heavy (non-hydrogen) atoms. The van der Waals surface area contributed by atoms with Crippen LogP contribution in [-0.4, -0.2) is 7.11 Å². The van der Waals surface area contributed by atoms with Crippen molar-refractivity contribution < 1.29 is 9.47 Å². The van der Waals surface area contributed by atoms with E-state index in [0.29, 0.717) is 6.61 Å². The van der Waals surface area contributed by atoms with Gasteiger partial charge in [-0.15, -0.1) is 11.3 Å². The predicted molar refractivity (Wildman–Crippen MR) is 71.8 cm³/mol. The molecule has 1 aliphatic rings. The molecule has 3 nitrogen and oxygen atoms in total. The summed E-state index contributed by atoms with van der Waals surface area (Å²) >= 11 is 1.63. The summed E-state index contributed by atoms with van der Waals surface area (Å²) in [5.41, 5.74) is 9.95. The van der Waals surface area contributed by atoms with Crippen LogP contribution in [-0.2, 0) is 18.0 Å². The molecule has 2 aromatic rings. The van der Waals surface area contributed by atoms with Crippen LogP contribution in [0.25, 0.3) is 0 Å². The Morgan fingerprint density at radius 2 is 2.11 bits per heavy atom. The molecule has 1 aromatic carbocycles. The van der Waals surface area contributed by atoms with Crippen LogP contribution in [0.2, 0.25) is 0 Å². The summed E-state index contributed by atoms with van der Waals surface area (Å²) in [6.45, 7) is 1.42. The van der Waals surface area contributed by atoms with Crippen LogP contribution >= 0.6 is 11.3 Å². The number of fused-ring (bicyclic) bond motifs is 1. The second kappa shape index (κ2) is 4.72. The van der Waals surface area contributed by atoms with Crippen molar-refractivity contribution in [1.82, 2.24) is 0 Å². The van der Waals surface area contributed by atoms with Gasteiger partial charge < -0.3 is 15.2 Å². The van der Waals surface area contributed by atoms with Crippen molar-refractivity contribution in [3.05, 3.63) is 51.2 Å². The van der Waals surface area contributed by atoms with Gasteiger partial charge in [0.25, 0.3) is 0 Å². The smallest absolute Gasteiger partial charge is 0.129 e. The molecule has 0 bridgehead atoms. The molecule has 0 fully saturated rings. The van der Waals surface area contributed by atoms with Crippen LogP contribution in [0.3, 0.4) is 0 Å². The second-order valence-corrected chi connectivity index (χ2v) is 5.33. The first-order valence-corrected chi connectivity index (χ1v) is 6.73. The molecule has 0 amide bonds. The summed E-state index contributed by atoms with van der Waals surface area (Å²) < 4.78 is 10.6. The molecule has 1 atom stereocenters. The van der Waals surface area contributed by atoms with E-state index >= 15 is 0 Å². The Morgan fingerprint density at radius 1 is 1.28 bits per heavy atom. The number of hydrogen-bond acceptors (Lipinski definition) is 4. The molecule has 94 valence electrons. The summed E-state index contributed by atoms with van der Waals surface area (Å²) in [5.74, 6) is 0.870. The van der Waals surface area contributed by atoms with Crippen LogP contribution < -0.4 is 10.5 Å². The topological polar surface area (TPSA) is 44.5 Å². The normalized spacial score (nSPS) is 15.4. The van der Waals surface area contributed by atoms with Crippen molar-refractivity contribution in [2.24, 2.45) is 5.73 Å². The lowest BCUT2D eigenvalue weighted by Gasteiger charge is -2.11. The van der Waals surface area contributed by atoms with Gasteiger partial charge >= 0.3 is 0 Å². The number of methoxy groups -OCH3 is 1. The molecular formula is C14H15NO2S. The van der Waals surface area contributed by atoms with Crippen molar-refractivity contribution in [2.75, 3.05) is 7.11 Å². The summed E-state index contributed by atoms with van der Waals surface area (Å²) in [7, 11) is 1.67. The number of thiophene rings is 1. The average molecular weight is 261 g/mol. The lowest BCUT2D eigenvalue weighted by molar-refractivity contribution is 0.134. The number of benzene rings is 1. The summed E-state index contributed by atoms with van der Waals surface area (Å²) in [4.78, 5) is 1.12. The van der Waals surface area contributed by atoms with Crippen molar-refractivity contribution in [3.63, 3.8) is 0 Å². The van der Waals surface area contributed by atoms with E-state index in [1.165, 1.54) is 11.1 Å². The molecule has 2 N–H and O–H groups in total. The van der Waals surface area contributed by atoms with Gasteiger partial charge in [0.1, 0.15) is 5.75 Å². The first-order valence-electron chi connectivity index (χ1n) is 5.85. The van der Waals surface area contributed by atoms with E-state index in [1.54, 1.807) is 18.4 Å². The highest BCUT2D eigenvalue weighted by Gasteiger charge is 2.16. The van der Waals surface area contributed by atoms with E-state index in [1.807, 2.05) is 11.4 Å². The number of nitrogens with two attached hydrogens (primary N) is 1. The van der Waals surface area contributed by atoms with Crippen LogP contribution in [0.1, 0.15) is 27.6 Å². The van der Waals surface area contributed by atoms with Gasteiger partial charge in [-0.1, -0.05) is 18.2 Å². The highest BCUT2D eigenvalue weighted by molar-refractivity contribution is 7.10. The van der Waals surface area contributed by atoms with Crippen molar-refractivity contribution in [1.29, 1.82) is 0 Å². The van der Waals surface area contributed by atoms with Crippen LogP contribution in [0.5, 0.6) is 5.75 Å². The van der Waals surface area contributed by atoms with Gasteiger partial charge in [-0.25, -0.2) is 0 Å². The number of hydrogen-bond donors (Lipinski definition) is 1. The Balaban J connectivity index is 1.89. The molecule has 1 unspecified atom stereocenters. The van der Waals surface area contributed by atoms with Gasteiger partial charge in [-0.05, 0) is 22.8 Å². The maximum absolute atomic E-state index is 6.29. The van der Waals surface area contributed by atoms with Crippen LogP contribution in [0.4, 0.5) is 0 Å². The van der Waals surface area contributed by atoms with Crippen molar-refractivity contribution >= 4 is 11.3 Å². The summed E-state index contributed by atoms with van der Waals surface area (Å²) in [6.07, 6.45) is 0. The minimum atomic E-state index is -0.0928. The summed E-state index contributed by atoms with van der Waals surface area (Å²) in [5, 5.41) is 1.98. The lowest BCUT2D eigenvalue weighted by atomic mass is 10.0. The van der Waals surface area contributed by atoms with Gasteiger partial charge in [0, 0.05) is 10.3 Å². The highest BCUT2D eigenvalue weighted by atomic mass is 32.1. The standard InChI is InChI=1S/C14H15NO2S/c1-16-12-5-13(18-8-12)14(15)9-2-3-10-6-17-7-11(10)4-9/h2-5,8,14H,6-7,15H2,1H3. The number of ether oxygens (including phenoxy) is 2. The maximum atomic E-state index is 6.29. The molecule has 0 saturated heterocycles. The van der Waals surface area contributed by atoms with Gasteiger partial charge in [0.15, 0.2) is 0 Å².